The van der Waals surface area contributed by atoms with Crippen molar-refractivity contribution in [3.05, 3.63) is 12.2 Å². The van der Waals surface area contributed by atoms with Crippen molar-refractivity contribution in [2.45, 2.75) is 12.4 Å². The third-order valence-electron chi connectivity index (χ3n) is 1.34. The van der Waals surface area contributed by atoms with Crippen LogP contribution in [0, 0.1) is 0 Å². The Hall–Kier alpha value is -1.07. The van der Waals surface area contributed by atoms with Gasteiger partial charge in [-0.25, -0.2) is 4.79 Å². The second-order valence-corrected chi connectivity index (χ2v) is 2.22. The number of hydrogen-bond donors (Lipinski definition) is 1. The summed E-state index contributed by atoms with van der Waals surface area (Å²) in [6, 6.07) is 0. The van der Waals surface area contributed by atoms with Gasteiger partial charge in [-0.05, 0) is 12.2 Å². The Morgan fingerprint density at radius 1 is 1.67 bits per heavy atom. The second kappa shape index (κ2) is 4.08. The first kappa shape index (κ1) is 9.02. The van der Waals surface area contributed by atoms with E-state index >= 15 is 0 Å². The third kappa shape index (κ3) is 2.52. The number of methoxy groups -OCH3 is 1. The van der Waals surface area contributed by atoms with E-state index in [0.717, 1.165) is 0 Å². The van der Waals surface area contributed by atoms with E-state index in [9.17, 15) is 4.79 Å². The van der Waals surface area contributed by atoms with E-state index in [1.54, 1.807) is 6.08 Å². The monoisotopic (exact) mass is 174 g/mol. The van der Waals surface area contributed by atoms with E-state index in [-0.39, 0.29) is 6.61 Å². The summed E-state index contributed by atoms with van der Waals surface area (Å²) in [5, 5.41) is 8.84. The molecule has 5 nitrogen and oxygen atoms in total. The van der Waals surface area contributed by atoms with Gasteiger partial charge in [0.2, 0.25) is 0 Å². The van der Waals surface area contributed by atoms with Gasteiger partial charge >= 0.3 is 6.16 Å². The number of ether oxygens (including phenoxy) is 3. The van der Waals surface area contributed by atoms with E-state index in [2.05, 4.69) is 4.74 Å². The first-order valence-electron chi connectivity index (χ1n) is 3.45. The number of aliphatic hydroxyl groups is 1. The molecular weight excluding hydrogens is 164 g/mol. The summed E-state index contributed by atoms with van der Waals surface area (Å²) in [6.07, 6.45) is 0.815. The van der Waals surface area contributed by atoms with Gasteiger partial charge in [0.05, 0.1) is 13.7 Å². The molecule has 2 unspecified atom stereocenters. The Morgan fingerprint density at radius 2 is 2.42 bits per heavy atom. The van der Waals surface area contributed by atoms with Crippen molar-refractivity contribution < 1.29 is 24.1 Å². The summed E-state index contributed by atoms with van der Waals surface area (Å²) in [4.78, 5) is 10.6. The van der Waals surface area contributed by atoms with Crippen molar-refractivity contribution in [2.75, 3.05) is 13.7 Å². The van der Waals surface area contributed by atoms with E-state index in [1.807, 2.05) is 0 Å². The van der Waals surface area contributed by atoms with Crippen LogP contribution < -0.4 is 0 Å². The number of carbonyl (C=O) groups is 1. The van der Waals surface area contributed by atoms with E-state index in [1.165, 1.54) is 13.2 Å². The molecule has 0 aromatic rings. The zero-order valence-electron chi connectivity index (χ0n) is 6.60. The van der Waals surface area contributed by atoms with Crippen LogP contribution in [-0.2, 0) is 14.2 Å². The van der Waals surface area contributed by atoms with Gasteiger partial charge in [-0.1, -0.05) is 0 Å². The van der Waals surface area contributed by atoms with Crippen LogP contribution in [0.15, 0.2) is 12.2 Å². The van der Waals surface area contributed by atoms with Crippen molar-refractivity contribution in [3.8, 4) is 0 Å². The van der Waals surface area contributed by atoms with Crippen molar-refractivity contribution in [2.24, 2.45) is 0 Å². The van der Waals surface area contributed by atoms with Crippen LogP contribution in [-0.4, -0.2) is 37.4 Å². The predicted octanol–water partition coefficient (Wildman–Crippen LogP) is 0.0428. The van der Waals surface area contributed by atoms with Crippen LogP contribution in [0.5, 0.6) is 0 Å². The van der Waals surface area contributed by atoms with Gasteiger partial charge in [0, 0.05) is 0 Å². The predicted molar refractivity (Wildman–Crippen MR) is 38.4 cm³/mol. The molecule has 1 aliphatic heterocycles. The molecule has 12 heavy (non-hydrogen) atoms. The van der Waals surface area contributed by atoms with Gasteiger partial charge in [-0.15, -0.1) is 0 Å². The lowest BCUT2D eigenvalue weighted by atomic mass is 10.3. The van der Waals surface area contributed by atoms with E-state index < -0.39 is 18.5 Å². The maximum atomic E-state index is 10.6. The van der Waals surface area contributed by atoms with Crippen LogP contribution >= 0.6 is 0 Å². The Kier molecular flexibility index (Phi) is 3.07. The van der Waals surface area contributed by atoms with Crippen LogP contribution in [0.25, 0.3) is 0 Å². The van der Waals surface area contributed by atoms with Crippen LogP contribution in [0.4, 0.5) is 4.79 Å². The molecular formula is C7H10O5. The minimum Gasteiger partial charge on any atom is -0.438 e. The highest BCUT2D eigenvalue weighted by Crippen LogP contribution is 2.06. The minimum atomic E-state index is -0.900. The summed E-state index contributed by atoms with van der Waals surface area (Å²) in [5.41, 5.74) is 0. The Morgan fingerprint density at radius 3 is 2.92 bits per heavy atom. The molecule has 0 spiro atoms. The number of aliphatic hydroxyl groups excluding tert-OH is 1. The lowest BCUT2D eigenvalue weighted by Crippen LogP contribution is -2.28. The summed E-state index contributed by atoms with van der Waals surface area (Å²) >= 11 is 0. The maximum absolute atomic E-state index is 10.6. The second-order valence-electron chi connectivity index (χ2n) is 2.22. The van der Waals surface area contributed by atoms with Gasteiger partial charge in [0.1, 0.15) is 6.10 Å². The zero-order valence-corrected chi connectivity index (χ0v) is 6.60. The fourth-order valence-electron chi connectivity index (χ4n) is 0.769. The van der Waals surface area contributed by atoms with E-state index in [0.29, 0.717) is 0 Å². The molecule has 1 heterocycles. The molecule has 5 heteroatoms. The molecule has 0 amide bonds. The van der Waals surface area contributed by atoms with E-state index in [4.69, 9.17) is 14.6 Å². The smallest absolute Gasteiger partial charge is 0.438 e. The highest BCUT2D eigenvalue weighted by Gasteiger charge is 2.17. The minimum absolute atomic E-state index is 0.146. The number of hydrogen-bond acceptors (Lipinski definition) is 5. The average molecular weight is 174 g/mol. The Balaban J connectivity index is 2.35. The quantitative estimate of drug-likeness (QED) is 0.449. The first-order valence-corrected chi connectivity index (χ1v) is 3.45. The van der Waals surface area contributed by atoms with Gasteiger partial charge < -0.3 is 19.3 Å². The van der Waals surface area contributed by atoms with Crippen LogP contribution in [0.2, 0.25) is 0 Å². The summed E-state index contributed by atoms with van der Waals surface area (Å²) < 4.78 is 13.7. The van der Waals surface area contributed by atoms with Gasteiger partial charge in [0.25, 0.3) is 0 Å². The summed E-state index contributed by atoms with van der Waals surface area (Å²) in [6.45, 7) is 0.146. The van der Waals surface area contributed by atoms with Crippen molar-refractivity contribution in [3.63, 3.8) is 0 Å². The average Bonchev–Trinajstić information content (AvgIpc) is 2.09. The molecule has 1 rings (SSSR count). The molecule has 0 saturated heterocycles. The van der Waals surface area contributed by atoms with Crippen LogP contribution in [0.1, 0.15) is 0 Å². The number of carbonyl (C=O) groups excluding carboxylic acids is 1. The van der Waals surface area contributed by atoms with Crippen molar-refractivity contribution >= 4 is 6.16 Å². The number of rotatable bonds is 1. The van der Waals surface area contributed by atoms with Crippen LogP contribution in [0.3, 0.4) is 0 Å². The maximum Gasteiger partial charge on any atom is 0.508 e. The van der Waals surface area contributed by atoms with Crippen molar-refractivity contribution in [1.82, 2.24) is 0 Å². The lowest BCUT2D eigenvalue weighted by molar-refractivity contribution is -0.0998. The Labute approximate surface area is 69.5 Å². The molecule has 0 fully saturated rings. The topological polar surface area (TPSA) is 65.0 Å². The molecule has 1 aliphatic rings. The van der Waals surface area contributed by atoms with Gasteiger partial charge in [-0.2, -0.15) is 0 Å². The molecule has 0 aromatic heterocycles. The molecule has 1 N–H and O–H groups in total. The lowest BCUT2D eigenvalue weighted by Gasteiger charge is -2.19. The molecule has 0 aromatic carbocycles. The Bertz CT molecular complexity index is 188. The van der Waals surface area contributed by atoms with Crippen molar-refractivity contribution in [1.29, 1.82) is 0 Å². The largest absolute Gasteiger partial charge is 0.508 e. The molecule has 0 saturated carbocycles. The van der Waals surface area contributed by atoms with Gasteiger partial charge in [0.15, 0.2) is 6.29 Å². The molecule has 68 valence electrons. The first-order chi connectivity index (χ1) is 5.72. The summed E-state index contributed by atoms with van der Waals surface area (Å²) in [5.74, 6) is 0. The highest BCUT2D eigenvalue weighted by atomic mass is 16.7. The zero-order chi connectivity index (χ0) is 8.97. The molecule has 0 aliphatic carbocycles. The summed E-state index contributed by atoms with van der Waals surface area (Å²) in [7, 11) is 1.23. The van der Waals surface area contributed by atoms with Gasteiger partial charge in [-0.3, -0.25) is 0 Å². The fourth-order valence-corrected chi connectivity index (χ4v) is 0.769. The SMILES string of the molecule is COC(=O)OC1C=CC(O)OC1. The third-order valence-corrected chi connectivity index (χ3v) is 1.34. The standard InChI is InChI=1S/C7H10O5/c1-10-7(9)12-5-2-3-6(8)11-4-5/h2-3,5-6,8H,4H2,1H3. The molecule has 0 bridgehead atoms. The molecule has 0 radical (unpaired) electrons. The highest BCUT2D eigenvalue weighted by molar-refractivity contribution is 5.60. The molecule has 2 atom stereocenters. The normalized spacial score (nSPS) is 28.2. The fraction of sp³-hybridized carbons (Fsp3) is 0.571.